The summed E-state index contributed by atoms with van der Waals surface area (Å²) in [4.78, 5) is 10.2. The first-order valence-corrected chi connectivity index (χ1v) is 5.12. The fourth-order valence-electron chi connectivity index (χ4n) is 1.27. The molecular weight excluding hydrogens is 176 g/mol. The van der Waals surface area contributed by atoms with Gasteiger partial charge in [-0.05, 0) is 19.8 Å². The fourth-order valence-corrected chi connectivity index (χ4v) is 1.27. The maximum Gasteiger partial charge on any atom is 0.123 e. The van der Waals surface area contributed by atoms with E-state index in [0.29, 0.717) is 5.92 Å². The van der Waals surface area contributed by atoms with Gasteiger partial charge in [0.05, 0.1) is 0 Å². The lowest BCUT2D eigenvalue weighted by Crippen LogP contribution is -2.06. The van der Waals surface area contributed by atoms with Crippen molar-refractivity contribution in [3.63, 3.8) is 0 Å². The van der Waals surface area contributed by atoms with Crippen molar-refractivity contribution in [2.24, 2.45) is 5.92 Å². The third-order valence-corrected chi connectivity index (χ3v) is 2.13. The average Bonchev–Trinajstić information content (AvgIpc) is 2.33. The second kappa shape index (κ2) is 14.7. The topological polar surface area (TPSA) is 26.3 Å². The van der Waals surface area contributed by atoms with E-state index in [-0.39, 0.29) is 0 Å². The molecule has 2 nitrogen and oxygen atoms in total. The highest BCUT2D eigenvalue weighted by atomic mass is 16.5. The maximum absolute atomic E-state index is 10.2. The minimum atomic E-state index is 0.406. The van der Waals surface area contributed by atoms with E-state index in [0.717, 1.165) is 25.7 Å². The second-order valence-electron chi connectivity index (χ2n) is 3.11. The highest BCUT2D eigenvalue weighted by Crippen LogP contribution is 2.21. The van der Waals surface area contributed by atoms with Crippen LogP contribution in [0.4, 0.5) is 0 Å². The first-order chi connectivity index (χ1) is 6.85. The van der Waals surface area contributed by atoms with Crippen LogP contribution in [0.2, 0.25) is 0 Å². The van der Waals surface area contributed by atoms with E-state index < -0.39 is 0 Å². The summed E-state index contributed by atoms with van der Waals surface area (Å²) in [5, 5.41) is 0. The van der Waals surface area contributed by atoms with Crippen LogP contribution in [-0.2, 0) is 9.53 Å². The Labute approximate surface area is 88.0 Å². The average molecular weight is 198 g/mol. The lowest BCUT2D eigenvalue weighted by molar-refractivity contribution is -0.111. The normalized spacial score (nSPS) is 15.4. The van der Waals surface area contributed by atoms with Crippen LogP contribution in [0, 0.1) is 18.8 Å². The molecule has 0 aliphatic heterocycles. The third-order valence-electron chi connectivity index (χ3n) is 2.13. The van der Waals surface area contributed by atoms with Gasteiger partial charge in [0.2, 0.25) is 0 Å². The SMILES string of the molecule is C#C.CCOC.O=CC1CCCCC1. The van der Waals surface area contributed by atoms with Gasteiger partial charge in [-0.3, -0.25) is 0 Å². The van der Waals surface area contributed by atoms with Crippen LogP contribution in [0.3, 0.4) is 0 Å². The van der Waals surface area contributed by atoms with Crippen molar-refractivity contribution in [1.82, 2.24) is 0 Å². The van der Waals surface area contributed by atoms with Crippen molar-refractivity contribution in [2.75, 3.05) is 13.7 Å². The molecular formula is C12H22O2. The molecule has 0 aromatic carbocycles. The summed E-state index contributed by atoms with van der Waals surface area (Å²) in [6.07, 6.45) is 15.3. The summed E-state index contributed by atoms with van der Waals surface area (Å²) >= 11 is 0. The molecule has 0 unspecified atom stereocenters. The largest absolute Gasteiger partial charge is 0.385 e. The van der Waals surface area contributed by atoms with Crippen LogP contribution < -0.4 is 0 Å². The zero-order valence-corrected chi connectivity index (χ0v) is 9.37. The number of carbonyl (C=O) groups is 1. The number of ether oxygens (including phenoxy) is 1. The van der Waals surface area contributed by atoms with Gasteiger partial charge in [0.15, 0.2) is 0 Å². The number of methoxy groups -OCH3 is 1. The van der Waals surface area contributed by atoms with Gasteiger partial charge in [0.1, 0.15) is 6.29 Å². The molecule has 0 aromatic rings. The predicted molar refractivity (Wildman–Crippen MR) is 60.1 cm³/mol. The van der Waals surface area contributed by atoms with Crippen molar-refractivity contribution in [2.45, 2.75) is 39.0 Å². The molecule has 82 valence electrons. The summed E-state index contributed by atoms with van der Waals surface area (Å²) < 4.78 is 4.54. The predicted octanol–water partition coefficient (Wildman–Crippen LogP) is 2.67. The zero-order chi connectivity index (χ0) is 11.2. The molecule has 2 heteroatoms. The van der Waals surface area contributed by atoms with E-state index in [1.807, 2.05) is 6.92 Å². The van der Waals surface area contributed by atoms with E-state index in [2.05, 4.69) is 17.6 Å². The Morgan fingerprint density at radius 1 is 1.29 bits per heavy atom. The molecule has 1 saturated carbocycles. The fraction of sp³-hybridized carbons (Fsp3) is 0.750. The lowest BCUT2D eigenvalue weighted by atomic mass is 9.91. The molecule has 0 saturated heterocycles. The minimum Gasteiger partial charge on any atom is -0.385 e. The standard InChI is InChI=1S/C7H12O.C3H8O.C2H2/c8-6-7-4-2-1-3-5-7;1-3-4-2;1-2/h6-7H,1-5H2;3H2,1-2H3;1-2H. The Morgan fingerprint density at radius 3 is 1.93 bits per heavy atom. The van der Waals surface area contributed by atoms with Crippen molar-refractivity contribution >= 4 is 6.29 Å². The van der Waals surface area contributed by atoms with E-state index >= 15 is 0 Å². The van der Waals surface area contributed by atoms with Crippen LogP contribution in [0.5, 0.6) is 0 Å². The molecule has 0 bridgehead atoms. The summed E-state index contributed by atoms with van der Waals surface area (Å²) in [6.45, 7) is 2.78. The van der Waals surface area contributed by atoms with Crippen LogP contribution in [0.15, 0.2) is 0 Å². The van der Waals surface area contributed by atoms with Crippen molar-refractivity contribution in [3.05, 3.63) is 0 Å². The highest BCUT2D eigenvalue weighted by molar-refractivity contribution is 5.53. The highest BCUT2D eigenvalue weighted by Gasteiger charge is 2.10. The quantitative estimate of drug-likeness (QED) is 0.503. The Balaban J connectivity index is 0. The molecule has 1 aliphatic rings. The summed E-state index contributed by atoms with van der Waals surface area (Å²) in [7, 11) is 1.68. The van der Waals surface area contributed by atoms with Crippen molar-refractivity contribution in [3.8, 4) is 12.8 Å². The molecule has 0 radical (unpaired) electrons. The number of terminal acetylenes is 1. The van der Waals surface area contributed by atoms with E-state index in [1.54, 1.807) is 7.11 Å². The molecule has 1 aliphatic carbocycles. The van der Waals surface area contributed by atoms with Gasteiger partial charge in [-0.2, -0.15) is 0 Å². The summed E-state index contributed by atoms with van der Waals surface area (Å²) in [6, 6.07) is 0. The first kappa shape index (κ1) is 15.7. The van der Waals surface area contributed by atoms with Gasteiger partial charge in [0.25, 0.3) is 0 Å². The molecule has 1 rings (SSSR count). The Hall–Kier alpha value is -0.810. The molecule has 14 heavy (non-hydrogen) atoms. The van der Waals surface area contributed by atoms with Gasteiger partial charge in [0, 0.05) is 19.6 Å². The Kier molecular flexibility index (Phi) is 16.4. The molecule has 0 amide bonds. The van der Waals surface area contributed by atoms with Crippen LogP contribution in [-0.4, -0.2) is 20.0 Å². The monoisotopic (exact) mass is 198 g/mol. The smallest absolute Gasteiger partial charge is 0.123 e. The zero-order valence-electron chi connectivity index (χ0n) is 9.37. The first-order valence-electron chi connectivity index (χ1n) is 5.12. The number of rotatable bonds is 2. The molecule has 0 aromatic heterocycles. The maximum atomic E-state index is 10.2. The molecule has 0 heterocycles. The van der Waals surface area contributed by atoms with Crippen LogP contribution in [0.25, 0.3) is 0 Å². The molecule has 0 spiro atoms. The number of aldehydes is 1. The Bertz CT molecular complexity index is 122. The van der Waals surface area contributed by atoms with Gasteiger partial charge in [-0.25, -0.2) is 0 Å². The van der Waals surface area contributed by atoms with Gasteiger partial charge >= 0.3 is 0 Å². The van der Waals surface area contributed by atoms with E-state index in [1.165, 1.54) is 19.3 Å². The molecule has 0 atom stereocenters. The number of carbonyl (C=O) groups excluding carboxylic acids is 1. The van der Waals surface area contributed by atoms with Crippen molar-refractivity contribution in [1.29, 1.82) is 0 Å². The summed E-state index contributed by atoms with van der Waals surface area (Å²) in [5.74, 6) is 0.406. The van der Waals surface area contributed by atoms with E-state index in [9.17, 15) is 4.79 Å². The molecule has 0 N–H and O–H groups in total. The van der Waals surface area contributed by atoms with Gasteiger partial charge < -0.3 is 9.53 Å². The van der Waals surface area contributed by atoms with E-state index in [4.69, 9.17) is 0 Å². The van der Waals surface area contributed by atoms with Crippen LogP contribution in [0.1, 0.15) is 39.0 Å². The van der Waals surface area contributed by atoms with Crippen LogP contribution >= 0.6 is 0 Å². The second-order valence-corrected chi connectivity index (χ2v) is 3.11. The third kappa shape index (κ3) is 11.2. The number of hydrogen-bond donors (Lipinski definition) is 0. The Morgan fingerprint density at radius 2 is 1.71 bits per heavy atom. The minimum absolute atomic E-state index is 0.406. The van der Waals surface area contributed by atoms with Crippen molar-refractivity contribution < 1.29 is 9.53 Å². The number of hydrogen-bond acceptors (Lipinski definition) is 2. The van der Waals surface area contributed by atoms with Gasteiger partial charge in [-0.1, -0.05) is 19.3 Å². The molecule has 1 fully saturated rings. The van der Waals surface area contributed by atoms with Gasteiger partial charge in [-0.15, -0.1) is 12.8 Å². The summed E-state index contributed by atoms with van der Waals surface area (Å²) in [5.41, 5.74) is 0. The lowest BCUT2D eigenvalue weighted by Gasteiger charge is -2.14.